The molecule has 0 N–H and O–H groups in total. The molecule has 0 aliphatic carbocycles. The monoisotopic (exact) mass is 751 g/mol. The lowest BCUT2D eigenvalue weighted by atomic mass is 10.3. The third-order valence-electron chi connectivity index (χ3n) is 8.43. The molecule has 0 unspecified atom stereocenters. The van der Waals surface area contributed by atoms with Crippen LogP contribution in [0.4, 0.5) is 0 Å². The molecule has 0 atom stereocenters. The zero-order valence-electron chi connectivity index (χ0n) is 33.0. The van der Waals surface area contributed by atoms with Crippen LogP contribution in [0, 0.1) is 0 Å². The van der Waals surface area contributed by atoms with Crippen LogP contribution in [0.2, 0.25) is 0 Å². The van der Waals surface area contributed by atoms with Gasteiger partial charge in [-0.25, -0.2) is 0 Å². The largest absolute Gasteiger partial charge is 0.388 e. The molecule has 16 heteroatoms. The first kappa shape index (κ1) is 43.6. The topological polar surface area (TPSA) is 151 Å². The molecule has 4 saturated heterocycles. The van der Waals surface area contributed by atoms with Crippen LogP contribution >= 0.6 is 0 Å². The van der Waals surface area contributed by atoms with Crippen LogP contribution in [-0.4, -0.2) is 164 Å². The molecule has 0 aromatic rings. The van der Waals surface area contributed by atoms with Gasteiger partial charge in [-0.05, 0) is 69.2 Å². The van der Waals surface area contributed by atoms with E-state index in [-0.39, 0.29) is 64.1 Å². The van der Waals surface area contributed by atoms with E-state index >= 15 is 0 Å². The summed E-state index contributed by atoms with van der Waals surface area (Å²) in [4.78, 5) is 5.89. The summed E-state index contributed by atoms with van der Waals surface area (Å²) in [5, 5.41) is 4.21. The van der Waals surface area contributed by atoms with E-state index in [1.54, 1.807) is 0 Å². The fraction of sp³-hybridized carbons (Fsp3) is 0.972. The second-order valence-corrected chi connectivity index (χ2v) is 15.6. The summed E-state index contributed by atoms with van der Waals surface area (Å²) >= 11 is 0. The minimum atomic E-state index is -0.645. The third-order valence-corrected chi connectivity index (χ3v) is 8.43. The van der Waals surface area contributed by atoms with Crippen LogP contribution in [-0.2, 0) is 71.2 Å². The minimum absolute atomic E-state index is 0.136. The number of hydrogen-bond acceptors (Lipinski definition) is 16. The van der Waals surface area contributed by atoms with Gasteiger partial charge in [0.2, 0.25) is 0 Å². The normalized spacial score (nSPS) is 24.5. The lowest BCUT2D eigenvalue weighted by Crippen LogP contribution is -2.46. The predicted molar refractivity (Wildman–Crippen MR) is 186 cm³/mol. The molecule has 4 heterocycles. The lowest BCUT2D eigenvalue weighted by Gasteiger charge is -2.36. The van der Waals surface area contributed by atoms with Crippen LogP contribution in [0.3, 0.4) is 0 Å². The first-order chi connectivity index (χ1) is 24.5. The molecule has 52 heavy (non-hydrogen) atoms. The Morgan fingerprint density at radius 1 is 0.442 bits per heavy atom. The van der Waals surface area contributed by atoms with Gasteiger partial charge in [-0.2, -0.15) is 0 Å². The molecule has 4 fully saturated rings. The fourth-order valence-corrected chi connectivity index (χ4v) is 5.13. The average Bonchev–Trinajstić information content (AvgIpc) is 3.07. The zero-order valence-corrected chi connectivity index (χ0v) is 33.0. The summed E-state index contributed by atoms with van der Waals surface area (Å²) in [6, 6.07) is 0. The van der Waals surface area contributed by atoms with Gasteiger partial charge >= 0.3 is 0 Å². The summed E-state index contributed by atoms with van der Waals surface area (Å²) < 4.78 is 83.5. The molecule has 0 bridgehead atoms. The summed E-state index contributed by atoms with van der Waals surface area (Å²) in [7, 11) is 0. The van der Waals surface area contributed by atoms with Gasteiger partial charge in [0.05, 0.1) is 98.2 Å². The van der Waals surface area contributed by atoms with Crippen molar-refractivity contribution >= 4 is 5.71 Å². The molecule has 16 nitrogen and oxygen atoms in total. The Morgan fingerprint density at radius 2 is 0.692 bits per heavy atom. The van der Waals surface area contributed by atoms with Crippen LogP contribution in [0.25, 0.3) is 0 Å². The minimum Gasteiger partial charge on any atom is -0.388 e. The molecule has 0 spiro atoms. The molecule has 304 valence electrons. The smallest absolute Gasteiger partial charge is 0.173 e. The van der Waals surface area contributed by atoms with Gasteiger partial charge in [0.25, 0.3) is 0 Å². The Hall–Kier alpha value is -1.09. The summed E-state index contributed by atoms with van der Waals surface area (Å²) in [6.45, 7) is 23.2. The molecule has 0 saturated carbocycles. The van der Waals surface area contributed by atoms with Gasteiger partial charge in [-0.3, -0.25) is 0 Å². The van der Waals surface area contributed by atoms with Gasteiger partial charge in [-0.15, -0.1) is 0 Å². The van der Waals surface area contributed by atoms with E-state index in [2.05, 4.69) is 5.16 Å². The molecule has 4 aliphatic rings. The number of hydrogen-bond donors (Lipinski definition) is 0. The van der Waals surface area contributed by atoms with E-state index in [0.29, 0.717) is 52.9 Å². The third kappa shape index (κ3) is 16.7. The highest BCUT2D eigenvalue weighted by Gasteiger charge is 2.34. The molecule has 4 rings (SSSR count). The highest BCUT2D eigenvalue weighted by atomic mass is 16.7. The zero-order chi connectivity index (χ0) is 37.8. The van der Waals surface area contributed by atoms with E-state index < -0.39 is 41.5 Å². The van der Waals surface area contributed by atoms with Crippen LogP contribution < -0.4 is 0 Å². The Kier molecular flexibility index (Phi) is 16.9. The van der Waals surface area contributed by atoms with E-state index in [4.69, 9.17) is 71.2 Å². The SMILES string of the molecule is CC(C)=NOC(COC(COC1COC(C)(C)OC1)COC1COC(C)(C)OC1)COC(COC1COC(C)(C)OC1)COC1COC(C)(C)OC1. The fourth-order valence-electron chi connectivity index (χ4n) is 5.13. The van der Waals surface area contributed by atoms with Gasteiger partial charge in [0, 0.05) is 0 Å². The second-order valence-electron chi connectivity index (χ2n) is 15.6. The van der Waals surface area contributed by atoms with Crippen LogP contribution in [0.5, 0.6) is 0 Å². The van der Waals surface area contributed by atoms with Crippen molar-refractivity contribution in [3.05, 3.63) is 0 Å². The maximum atomic E-state index is 6.37. The van der Waals surface area contributed by atoms with Crippen molar-refractivity contribution < 1.29 is 71.2 Å². The first-order valence-electron chi connectivity index (χ1n) is 18.4. The van der Waals surface area contributed by atoms with Crippen LogP contribution in [0.15, 0.2) is 5.16 Å². The summed E-state index contributed by atoms with van der Waals surface area (Å²) in [5.41, 5.74) is 0.748. The van der Waals surface area contributed by atoms with Crippen molar-refractivity contribution in [3.8, 4) is 0 Å². The van der Waals surface area contributed by atoms with Crippen molar-refractivity contribution in [1.29, 1.82) is 0 Å². The van der Waals surface area contributed by atoms with E-state index in [1.807, 2.05) is 69.2 Å². The van der Waals surface area contributed by atoms with Gasteiger partial charge < -0.3 is 71.2 Å². The summed E-state index contributed by atoms with van der Waals surface area (Å²) in [5.74, 6) is -2.58. The number of rotatable bonds is 20. The maximum absolute atomic E-state index is 6.37. The van der Waals surface area contributed by atoms with Crippen molar-refractivity contribution in [2.24, 2.45) is 5.16 Å². The van der Waals surface area contributed by atoms with E-state index in [1.165, 1.54) is 0 Å². The molecule has 4 aliphatic heterocycles. The Morgan fingerprint density at radius 3 is 0.923 bits per heavy atom. The van der Waals surface area contributed by atoms with Gasteiger partial charge in [-0.1, -0.05) is 5.16 Å². The highest BCUT2D eigenvalue weighted by molar-refractivity contribution is 5.78. The molecule has 0 radical (unpaired) electrons. The average molecular weight is 752 g/mol. The van der Waals surface area contributed by atoms with Crippen molar-refractivity contribution in [1.82, 2.24) is 0 Å². The van der Waals surface area contributed by atoms with Gasteiger partial charge in [0.1, 0.15) is 36.6 Å². The van der Waals surface area contributed by atoms with Crippen LogP contribution in [0.1, 0.15) is 69.2 Å². The number of ether oxygens (including phenoxy) is 14. The Bertz CT molecular complexity index is 892. The van der Waals surface area contributed by atoms with Crippen molar-refractivity contribution in [2.75, 3.05) is 92.5 Å². The standard InChI is InChI=1S/C36H65NO15/c1-25(2)37-52-32(15-42-26(11-38-28-17-44-33(3,4)45-18-28)12-39-29-19-46-34(5,6)47-20-29)16-43-27(13-40-30-21-48-35(7,8)49-22-30)14-41-31-23-50-36(9,10)51-24-31/h26-32H,11-24H2,1-10H3. The predicted octanol–water partition coefficient (Wildman–Crippen LogP) is 3.21. The first-order valence-corrected chi connectivity index (χ1v) is 18.4. The quantitative estimate of drug-likeness (QED) is 0.132. The van der Waals surface area contributed by atoms with Crippen molar-refractivity contribution in [2.45, 2.75) is 135 Å². The maximum Gasteiger partial charge on any atom is 0.173 e. The Labute approximate surface area is 309 Å². The molecular weight excluding hydrogens is 686 g/mol. The molecule has 0 aromatic heterocycles. The molecule has 0 amide bonds. The highest BCUT2D eigenvalue weighted by Crippen LogP contribution is 2.23. The Balaban J connectivity index is 1.34. The number of nitrogens with zero attached hydrogens (tertiary/aromatic N) is 1. The van der Waals surface area contributed by atoms with E-state index in [9.17, 15) is 0 Å². The van der Waals surface area contributed by atoms with Crippen molar-refractivity contribution in [3.63, 3.8) is 0 Å². The number of oxime groups is 1. The lowest BCUT2D eigenvalue weighted by molar-refractivity contribution is -0.288. The van der Waals surface area contributed by atoms with Gasteiger partial charge in [0.15, 0.2) is 29.3 Å². The molecule has 0 aromatic carbocycles. The molecular formula is C36H65NO15. The second kappa shape index (κ2) is 20.2. The van der Waals surface area contributed by atoms with E-state index in [0.717, 1.165) is 5.71 Å². The summed E-state index contributed by atoms with van der Waals surface area (Å²) in [6.07, 6.45) is -2.49.